The van der Waals surface area contributed by atoms with Crippen LogP contribution in [0.4, 0.5) is 20.3 Å². The van der Waals surface area contributed by atoms with E-state index in [1.807, 2.05) is 4.90 Å². The molecule has 4 rings (SSSR count). The lowest BCUT2D eigenvalue weighted by Crippen LogP contribution is -2.47. The molecule has 190 valence electrons. The zero-order valence-electron chi connectivity index (χ0n) is 19.2. The fraction of sp³-hybridized carbons (Fsp3) is 0.429. The van der Waals surface area contributed by atoms with Crippen LogP contribution in [0.1, 0.15) is 6.92 Å². The number of ether oxygens (including phenoxy) is 2. The Bertz CT molecular complexity index is 1240. The van der Waals surface area contributed by atoms with Crippen LogP contribution in [0.15, 0.2) is 23.0 Å². The molecular formula is C21H26ClF2N7O4. The fourth-order valence-electron chi connectivity index (χ4n) is 3.73. The van der Waals surface area contributed by atoms with E-state index in [0.717, 1.165) is 12.1 Å². The summed E-state index contributed by atoms with van der Waals surface area (Å²) in [7, 11) is 1.70. The van der Waals surface area contributed by atoms with E-state index in [9.17, 15) is 18.4 Å². The Labute approximate surface area is 205 Å². The van der Waals surface area contributed by atoms with Gasteiger partial charge in [-0.05, 0) is 6.92 Å². The molecule has 1 saturated heterocycles. The Morgan fingerprint density at radius 2 is 1.77 bits per heavy atom. The van der Waals surface area contributed by atoms with Crippen molar-refractivity contribution in [3.8, 4) is 5.75 Å². The van der Waals surface area contributed by atoms with Crippen molar-refractivity contribution in [3.63, 3.8) is 0 Å². The average Bonchev–Trinajstić information content (AvgIpc) is 3.18. The molecule has 1 aliphatic rings. The van der Waals surface area contributed by atoms with E-state index < -0.39 is 23.6 Å². The molecule has 11 nitrogen and oxygen atoms in total. The number of hydrogen-bond donors (Lipinski definition) is 2. The zero-order chi connectivity index (χ0) is 24.4. The summed E-state index contributed by atoms with van der Waals surface area (Å²) in [5, 5.41) is 7.70. The third kappa shape index (κ3) is 5.62. The van der Waals surface area contributed by atoms with Gasteiger partial charge in [-0.25, -0.2) is 13.5 Å². The molecule has 0 spiro atoms. The standard InChI is InChI=1S/C21H25F2N7O4.ClH/c1-12(24)21(32)34-8-7-33-13-9-14(22)19(15(23)10-13)30-5-3-29(4-6-30)17-11-16-18(20(31)25-17)26-27-28(16)2;/h9-12H,3-8,24H2,1-2H3,(H,25,31);1H/t12-;/m0./s1. The topological polar surface area (TPSA) is 132 Å². The number of aryl methyl sites for hydroxylation is 1. The van der Waals surface area contributed by atoms with Crippen LogP contribution < -0.4 is 25.8 Å². The molecule has 0 saturated carbocycles. The van der Waals surface area contributed by atoms with Crippen molar-refractivity contribution >= 4 is 40.9 Å². The molecule has 0 bridgehead atoms. The number of halogens is 3. The van der Waals surface area contributed by atoms with E-state index in [4.69, 9.17) is 15.2 Å². The number of anilines is 2. The molecule has 3 N–H and O–H groups in total. The highest BCUT2D eigenvalue weighted by atomic mass is 35.5. The molecule has 2 aromatic heterocycles. The molecule has 1 atom stereocenters. The largest absolute Gasteiger partial charge is 0.490 e. The molecule has 3 heterocycles. The molecule has 0 amide bonds. The highest BCUT2D eigenvalue weighted by Crippen LogP contribution is 2.29. The summed E-state index contributed by atoms with van der Waals surface area (Å²) < 4.78 is 41.2. The van der Waals surface area contributed by atoms with Gasteiger partial charge in [0.05, 0.1) is 5.52 Å². The van der Waals surface area contributed by atoms with Gasteiger partial charge in [0.1, 0.15) is 36.5 Å². The number of esters is 1. The van der Waals surface area contributed by atoms with E-state index in [0.29, 0.717) is 37.5 Å². The first-order valence-corrected chi connectivity index (χ1v) is 10.7. The lowest BCUT2D eigenvalue weighted by Gasteiger charge is -2.37. The molecule has 0 aliphatic carbocycles. The van der Waals surface area contributed by atoms with Crippen LogP contribution in [0, 0.1) is 11.6 Å². The number of carbonyl (C=O) groups is 1. The van der Waals surface area contributed by atoms with Gasteiger partial charge in [-0.1, -0.05) is 5.21 Å². The van der Waals surface area contributed by atoms with Crippen molar-refractivity contribution in [2.24, 2.45) is 12.8 Å². The van der Waals surface area contributed by atoms with Crippen LogP contribution in [-0.2, 0) is 16.6 Å². The number of nitrogens with two attached hydrogens (primary N) is 1. The number of pyridine rings is 1. The Kier molecular flexibility index (Phi) is 8.12. The third-order valence-corrected chi connectivity index (χ3v) is 5.50. The van der Waals surface area contributed by atoms with Crippen molar-refractivity contribution in [2.45, 2.75) is 13.0 Å². The summed E-state index contributed by atoms with van der Waals surface area (Å²) in [6.45, 7) is 2.89. The van der Waals surface area contributed by atoms with Crippen molar-refractivity contribution in [2.75, 3.05) is 49.2 Å². The number of hydrogen-bond acceptors (Lipinski definition) is 9. The molecule has 3 aromatic rings. The second-order valence-electron chi connectivity index (χ2n) is 7.94. The predicted molar refractivity (Wildman–Crippen MR) is 127 cm³/mol. The van der Waals surface area contributed by atoms with Crippen LogP contribution in [0.3, 0.4) is 0 Å². The normalized spacial score (nSPS) is 14.5. The van der Waals surface area contributed by atoms with E-state index in [-0.39, 0.29) is 48.1 Å². The second kappa shape index (κ2) is 10.9. The Morgan fingerprint density at radius 3 is 2.40 bits per heavy atom. The fourth-order valence-corrected chi connectivity index (χ4v) is 3.73. The molecule has 1 fully saturated rings. The Hall–Kier alpha value is -3.45. The minimum absolute atomic E-state index is 0. The summed E-state index contributed by atoms with van der Waals surface area (Å²) in [5.41, 5.74) is 5.75. The van der Waals surface area contributed by atoms with Crippen LogP contribution in [0.2, 0.25) is 0 Å². The Morgan fingerprint density at radius 1 is 1.14 bits per heavy atom. The molecular weight excluding hydrogens is 488 g/mol. The monoisotopic (exact) mass is 513 g/mol. The summed E-state index contributed by atoms with van der Waals surface area (Å²) >= 11 is 0. The zero-order valence-corrected chi connectivity index (χ0v) is 20.0. The van der Waals surface area contributed by atoms with Gasteiger partial charge in [-0.2, -0.15) is 0 Å². The Balaban J connectivity index is 0.00000342. The smallest absolute Gasteiger partial charge is 0.322 e. The predicted octanol–water partition coefficient (Wildman–Crippen LogP) is 0.952. The molecule has 35 heavy (non-hydrogen) atoms. The van der Waals surface area contributed by atoms with Gasteiger partial charge in [0.25, 0.3) is 5.56 Å². The number of piperazine rings is 1. The number of nitrogens with zero attached hydrogens (tertiary/aromatic N) is 5. The van der Waals surface area contributed by atoms with Crippen LogP contribution in [-0.4, -0.2) is 71.4 Å². The maximum atomic E-state index is 14.8. The van der Waals surface area contributed by atoms with E-state index in [1.54, 1.807) is 18.0 Å². The number of rotatable bonds is 7. The molecule has 14 heteroatoms. The van der Waals surface area contributed by atoms with E-state index in [2.05, 4.69) is 15.3 Å². The molecule has 1 aromatic carbocycles. The van der Waals surface area contributed by atoms with Crippen molar-refractivity contribution in [1.29, 1.82) is 0 Å². The number of nitrogens with one attached hydrogen (secondary N) is 1. The minimum atomic E-state index is -0.759. The highest BCUT2D eigenvalue weighted by Gasteiger charge is 2.24. The maximum absolute atomic E-state index is 14.8. The minimum Gasteiger partial charge on any atom is -0.490 e. The number of fused-ring (bicyclic) bond motifs is 1. The van der Waals surface area contributed by atoms with Crippen LogP contribution in [0.25, 0.3) is 11.0 Å². The first-order valence-electron chi connectivity index (χ1n) is 10.7. The summed E-state index contributed by atoms with van der Waals surface area (Å²) in [6, 6.07) is 3.22. The average molecular weight is 514 g/mol. The van der Waals surface area contributed by atoms with Gasteiger partial charge < -0.3 is 30.0 Å². The summed E-state index contributed by atoms with van der Waals surface area (Å²) in [6.07, 6.45) is 0. The van der Waals surface area contributed by atoms with Crippen LogP contribution >= 0.6 is 12.4 Å². The van der Waals surface area contributed by atoms with Crippen molar-refractivity contribution < 1.29 is 23.0 Å². The van der Waals surface area contributed by atoms with Crippen LogP contribution in [0.5, 0.6) is 5.75 Å². The lowest BCUT2D eigenvalue weighted by molar-refractivity contribution is -0.145. The van der Waals surface area contributed by atoms with E-state index >= 15 is 0 Å². The van der Waals surface area contributed by atoms with Gasteiger partial charge in [-0.15, -0.1) is 17.5 Å². The number of H-pyrrole nitrogens is 1. The highest BCUT2D eigenvalue weighted by molar-refractivity contribution is 5.85. The molecule has 1 aliphatic heterocycles. The van der Waals surface area contributed by atoms with Crippen molar-refractivity contribution in [1.82, 2.24) is 20.0 Å². The van der Waals surface area contributed by atoms with Gasteiger partial charge in [0, 0.05) is 51.4 Å². The lowest BCUT2D eigenvalue weighted by atomic mass is 10.2. The second-order valence-corrected chi connectivity index (χ2v) is 7.94. The van der Waals surface area contributed by atoms with Gasteiger partial charge in [-0.3, -0.25) is 9.59 Å². The number of aromatic nitrogens is 4. The number of carbonyl (C=O) groups excluding carboxylic acids is 1. The van der Waals surface area contributed by atoms with Crippen molar-refractivity contribution in [3.05, 3.63) is 40.2 Å². The first kappa shape index (κ1) is 26.2. The molecule has 0 unspecified atom stereocenters. The van der Waals surface area contributed by atoms with Gasteiger partial charge in [0.2, 0.25) is 0 Å². The molecule has 0 radical (unpaired) electrons. The summed E-state index contributed by atoms with van der Waals surface area (Å²) in [4.78, 5) is 29.9. The number of aromatic amines is 1. The third-order valence-electron chi connectivity index (χ3n) is 5.50. The SMILES string of the molecule is C[C@H](N)C(=O)OCCOc1cc(F)c(N2CCN(c3cc4c(nnn4C)c(=O)[nH]3)CC2)c(F)c1.Cl. The van der Waals surface area contributed by atoms with Gasteiger partial charge >= 0.3 is 5.97 Å². The quantitative estimate of drug-likeness (QED) is 0.350. The summed E-state index contributed by atoms with van der Waals surface area (Å²) in [5.74, 6) is -1.52. The number of benzene rings is 1. The van der Waals surface area contributed by atoms with E-state index in [1.165, 1.54) is 11.6 Å². The van der Waals surface area contributed by atoms with Gasteiger partial charge in [0.15, 0.2) is 17.2 Å². The first-order chi connectivity index (χ1) is 16.2. The maximum Gasteiger partial charge on any atom is 0.322 e.